The van der Waals surface area contributed by atoms with Crippen molar-refractivity contribution >= 4 is 11.8 Å². The van der Waals surface area contributed by atoms with Gasteiger partial charge >= 0.3 is 0 Å². The predicted octanol–water partition coefficient (Wildman–Crippen LogP) is 2.36. The van der Waals surface area contributed by atoms with E-state index >= 15 is 0 Å². The van der Waals surface area contributed by atoms with E-state index in [1.807, 2.05) is 12.1 Å². The van der Waals surface area contributed by atoms with Crippen molar-refractivity contribution in [3.63, 3.8) is 0 Å². The van der Waals surface area contributed by atoms with E-state index in [0.717, 1.165) is 4.73 Å². The monoisotopic (exact) mass is 272 g/mol. The third-order valence-corrected chi connectivity index (χ3v) is 3.34. The topological polar surface area (TPSA) is 60.0 Å². The van der Waals surface area contributed by atoms with Gasteiger partial charge in [0.25, 0.3) is 5.03 Å². The van der Waals surface area contributed by atoms with Gasteiger partial charge in [-0.2, -0.15) is 9.99 Å². The lowest BCUT2D eigenvalue weighted by Crippen LogP contribution is -2.27. The maximum Gasteiger partial charge on any atom is 0.251 e. The molecule has 1 aromatic heterocycles. The number of rotatable bonds is 5. The number of thioether (sulfide) groups is 1. The van der Waals surface area contributed by atoms with E-state index in [1.165, 1.54) is 18.0 Å². The molecule has 5 heteroatoms. The highest BCUT2D eigenvalue weighted by molar-refractivity contribution is 7.99. The van der Waals surface area contributed by atoms with Crippen LogP contribution in [-0.4, -0.2) is 12.4 Å². The number of hydrogen-bond acceptors (Lipinski definition) is 4. The van der Waals surface area contributed by atoms with E-state index < -0.39 is 0 Å². The third kappa shape index (κ3) is 3.90. The first kappa shape index (κ1) is 13.2. The first-order chi connectivity index (χ1) is 9.29. The van der Waals surface area contributed by atoms with Crippen molar-refractivity contribution < 1.29 is 9.47 Å². The summed E-state index contributed by atoms with van der Waals surface area (Å²) in [7, 11) is 0. The van der Waals surface area contributed by atoms with Crippen LogP contribution in [0.15, 0.2) is 53.7 Å². The van der Waals surface area contributed by atoms with Crippen LogP contribution in [0.4, 0.5) is 0 Å². The van der Waals surface area contributed by atoms with Crippen LogP contribution in [0.3, 0.4) is 0 Å². The molecule has 0 spiro atoms. The highest BCUT2D eigenvalue weighted by Crippen LogP contribution is 2.15. The Kier molecular flexibility index (Phi) is 4.65. The molecule has 19 heavy (non-hydrogen) atoms. The van der Waals surface area contributed by atoms with Gasteiger partial charge in [0, 0.05) is 17.9 Å². The molecule has 2 aromatic rings. The minimum Gasteiger partial charge on any atom is -0.618 e. The minimum atomic E-state index is 0.481. The van der Waals surface area contributed by atoms with Crippen molar-refractivity contribution in [3.8, 4) is 11.8 Å². The number of benzene rings is 1. The second-order valence-electron chi connectivity index (χ2n) is 3.70. The molecule has 96 valence electrons. The zero-order chi connectivity index (χ0) is 13.5. The van der Waals surface area contributed by atoms with E-state index in [-0.39, 0.29) is 0 Å². The Morgan fingerprint density at radius 3 is 2.95 bits per heavy atom. The number of pyridine rings is 1. The van der Waals surface area contributed by atoms with E-state index in [2.05, 4.69) is 6.07 Å². The number of ether oxygens (including phenoxy) is 1. The lowest BCUT2D eigenvalue weighted by atomic mass is 10.2. The smallest absolute Gasteiger partial charge is 0.251 e. The zero-order valence-electron chi connectivity index (χ0n) is 10.2. The maximum atomic E-state index is 11.4. The average molecular weight is 272 g/mol. The molecule has 0 fully saturated rings. The summed E-state index contributed by atoms with van der Waals surface area (Å²) >= 11 is 1.44. The van der Waals surface area contributed by atoms with Crippen molar-refractivity contribution in [1.29, 1.82) is 5.26 Å². The summed E-state index contributed by atoms with van der Waals surface area (Å²) in [6.45, 7) is 0.481. The van der Waals surface area contributed by atoms with E-state index in [1.54, 1.807) is 30.3 Å². The van der Waals surface area contributed by atoms with Gasteiger partial charge in [-0.1, -0.05) is 17.8 Å². The minimum absolute atomic E-state index is 0.481. The summed E-state index contributed by atoms with van der Waals surface area (Å²) in [5, 5.41) is 20.8. The lowest BCUT2D eigenvalue weighted by Gasteiger charge is -2.06. The third-order valence-electron chi connectivity index (χ3n) is 2.35. The fourth-order valence-electron chi connectivity index (χ4n) is 1.49. The molecule has 2 rings (SSSR count). The summed E-state index contributed by atoms with van der Waals surface area (Å²) in [6, 6.07) is 14.4. The molecule has 1 heterocycles. The van der Waals surface area contributed by atoms with Crippen LogP contribution in [0.2, 0.25) is 0 Å². The molecule has 1 aromatic carbocycles. The number of nitriles is 1. The quantitative estimate of drug-likeness (QED) is 0.363. The molecule has 0 saturated heterocycles. The SMILES string of the molecule is N#Cc1cccc(OCCSc2cccc[n+]2[O-])c1. The van der Waals surface area contributed by atoms with Crippen molar-refractivity contribution in [2.45, 2.75) is 5.03 Å². The van der Waals surface area contributed by atoms with Gasteiger partial charge in [-0.05, 0) is 24.3 Å². The Morgan fingerprint density at radius 1 is 1.26 bits per heavy atom. The first-order valence-corrected chi connectivity index (χ1v) is 6.72. The highest BCUT2D eigenvalue weighted by atomic mass is 32.2. The van der Waals surface area contributed by atoms with Gasteiger partial charge in [0.2, 0.25) is 0 Å². The number of aromatic nitrogens is 1. The maximum absolute atomic E-state index is 11.4. The summed E-state index contributed by atoms with van der Waals surface area (Å²) in [4.78, 5) is 0. The van der Waals surface area contributed by atoms with Crippen molar-refractivity contribution in [2.24, 2.45) is 0 Å². The molecule has 0 radical (unpaired) electrons. The van der Waals surface area contributed by atoms with Gasteiger partial charge in [-0.25, -0.2) is 0 Å². The van der Waals surface area contributed by atoms with Crippen molar-refractivity contribution in [2.75, 3.05) is 12.4 Å². The lowest BCUT2D eigenvalue weighted by molar-refractivity contribution is -0.645. The number of hydrogen-bond donors (Lipinski definition) is 0. The van der Waals surface area contributed by atoms with E-state index in [0.29, 0.717) is 28.7 Å². The van der Waals surface area contributed by atoms with Crippen LogP contribution in [-0.2, 0) is 0 Å². The second-order valence-corrected chi connectivity index (χ2v) is 4.82. The highest BCUT2D eigenvalue weighted by Gasteiger charge is 2.04. The van der Waals surface area contributed by atoms with Crippen LogP contribution < -0.4 is 9.47 Å². The summed E-state index contributed by atoms with van der Waals surface area (Å²) in [5.74, 6) is 1.34. The molecule has 0 bridgehead atoms. The van der Waals surface area contributed by atoms with Crippen LogP contribution in [0, 0.1) is 16.5 Å². The molecule has 0 atom stereocenters. The normalized spacial score (nSPS) is 9.84. The predicted molar refractivity (Wildman–Crippen MR) is 72.8 cm³/mol. The number of nitrogens with zero attached hydrogens (tertiary/aromatic N) is 2. The molecule has 0 amide bonds. The van der Waals surface area contributed by atoms with Gasteiger partial charge in [0.1, 0.15) is 5.75 Å². The summed E-state index contributed by atoms with van der Waals surface area (Å²) in [6.07, 6.45) is 1.47. The summed E-state index contributed by atoms with van der Waals surface area (Å²) < 4.78 is 6.36. The van der Waals surface area contributed by atoms with Gasteiger partial charge in [-0.15, -0.1) is 0 Å². The zero-order valence-corrected chi connectivity index (χ0v) is 11.0. The summed E-state index contributed by atoms with van der Waals surface area (Å²) in [5.41, 5.74) is 0.575. The van der Waals surface area contributed by atoms with Gasteiger partial charge < -0.3 is 9.94 Å². The Labute approximate surface area is 115 Å². The molecule has 0 aliphatic rings. The first-order valence-electron chi connectivity index (χ1n) is 5.73. The molecule has 0 N–H and O–H groups in total. The van der Waals surface area contributed by atoms with E-state index in [9.17, 15) is 5.21 Å². The Balaban J connectivity index is 1.81. The van der Waals surface area contributed by atoms with Gasteiger partial charge in [-0.3, -0.25) is 0 Å². The molecular formula is C14H12N2O2S. The van der Waals surface area contributed by atoms with Crippen molar-refractivity contribution in [1.82, 2.24) is 0 Å². The van der Waals surface area contributed by atoms with E-state index in [4.69, 9.17) is 10.00 Å². The Morgan fingerprint density at radius 2 is 2.16 bits per heavy atom. The Hall–Kier alpha value is -2.19. The van der Waals surface area contributed by atoms with Crippen LogP contribution in [0.5, 0.6) is 5.75 Å². The van der Waals surface area contributed by atoms with Crippen LogP contribution in [0.25, 0.3) is 0 Å². The molecular weight excluding hydrogens is 260 g/mol. The second kappa shape index (κ2) is 6.66. The van der Waals surface area contributed by atoms with Crippen LogP contribution in [0.1, 0.15) is 5.56 Å². The molecule has 4 nitrogen and oxygen atoms in total. The average Bonchev–Trinajstić information content (AvgIpc) is 2.45. The van der Waals surface area contributed by atoms with Gasteiger partial charge in [0.15, 0.2) is 6.20 Å². The standard InChI is InChI=1S/C14H12N2O2S/c15-11-12-4-3-5-13(10-12)18-8-9-19-14-6-1-2-7-16(14)17/h1-7,10H,8-9H2. The van der Waals surface area contributed by atoms with Crippen molar-refractivity contribution in [3.05, 3.63) is 59.4 Å². The molecule has 0 aliphatic heterocycles. The Bertz CT molecular complexity index is 596. The largest absolute Gasteiger partial charge is 0.618 e. The van der Waals surface area contributed by atoms with Crippen LogP contribution >= 0.6 is 11.8 Å². The fourth-order valence-corrected chi connectivity index (χ4v) is 2.22. The fraction of sp³-hybridized carbons (Fsp3) is 0.143. The molecule has 0 saturated carbocycles. The molecule has 0 aliphatic carbocycles. The molecule has 0 unspecified atom stereocenters. The van der Waals surface area contributed by atoms with Gasteiger partial charge in [0.05, 0.1) is 18.2 Å².